The summed E-state index contributed by atoms with van der Waals surface area (Å²) in [6.45, 7) is 3.31. The SMILES string of the molecule is CC(C)(Sc1ccc(-c2nc(C=O)c(-c3ccccc3)o2)cc1)C(=O)O. The van der Waals surface area contributed by atoms with Gasteiger partial charge in [-0.1, -0.05) is 30.3 Å². The molecule has 6 heteroatoms. The summed E-state index contributed by atoms with van der Waals surface area (Å²) < 4.78 is 4.89. The highest BCUT2D eigenvalue weighted by Gasteiger charge is 2.28. The smallest absolute Gasteiger partial charge is 0.319 e. The van der Waals surface area contributed by atoms with Crippen LogP contribution < -0.4 is 0 Å². The van der Waals surface area contributed by atoms with Crippen molar-refractivity contribution in [2.45, 2.75) is 23.5 Å². The van der Waals surface area contributed by atoms with Crippen molar-refractivity contribution in [1.29, 1.82) is 0 Å². The third-order valence-corrected chi connectivity index (χ3v) is 4.98. The van der Waals surface area contributed by atoms with Crippen molar-refractivity contribution in [2.75, 3.05) is 0 Å². The van der Waals surface area contributed by atoms with Crippen molar-refractivity contribution in [2.24, 2.45) is 0 Å². The predicted molar refractivity (Wildman–Crippen MR) is 100 cm³/mol. The molecule has 0 aliphatic rings. The summed E-state index contributed by atoms with van der Waals surface area (Å²) in [4.78, 5) is 27.7. The first-order valence-corrected chi connectivity index (χ1v) is 8.76. The lowest BCUT2D eigenvalue weighted by molar-refractivity contribution is -0.138. The fourth-order valence-electron chi connectivity index (χ4n) is 2.34. The largest absolute Gasteiger partial charge is 0.480 e. The average Bonchev–Trinajstić information content (AvgIpc) is 3.07. The van der Waals surface area contributed by atoms with Gasteiger partial charge in [0.15, 0.2) is 17.7 Å². The summed E-state index contributed by atoms with van der Waals surface area (Å²) in [7, 11) is 0. The first-order chi connectivity index (χ1) is 12.4. The van der Waals surface area contributed by atoms with Crippen LogP contribution in [-0.4, -0.2) is 27.1 Å². The number of carbonyl (C=O) groups excluding carboxylic acids is 1. The van der Waals surface area contributed by atoms with Gasteiger partial charge in [0.05, 0.1) is 0 Å². The molecule has 0 saturated heterocycles. The van der Waals surface area contributed by atoms with E-state index in [1.165, 1.54) is 11.8 Å². The van der Waals surface area contributed by atoms with E-state index >= 15 is 0 Å². The maximum atomic E-state index is 11.3. The van der Waals surface area contributed by atoms with Crippen LogP contribution in [0.2, 0.25) is 0 Å². The maximum absolute atomic E-state index is 11.3. The highest BCUT2D eigenvalue weighted by molar-refractivity contribution is 8.01. The molecular formula is C20H17NO4S. The number of rotatable bonds is 6. The summed E-state index contributed by atoms with van der Waals surface area (Å²) in [6.07, 6.45) is 0.676. The van der Waals surface area contributed by atoms with E-state index in [4.69, 9.17) is 4.42 Å². The van der Waals surface area contributed by atoms with Gasteiger partial charge >= 0.3 is 5.97 Å². The average molecular weight is 367 g/mol. The molecule has 3 aromatic rings. The van der Waals surface area contributed by atoms with E-state index in [1.807, 2.05) is 42.5 Å². The number of carboxylic acid groups (broad SMARTS) is 1. The van der Waals surface area contributed by atoms with Gasteiger partial charge in [0.25, 0.3) is 0 Å². The monoisotopic (exact) mass is 367 g/mol. The molecule has 0 bridgehead atoms. The Bertz CT molecular complexity index is 930. The summed E-state index contributed by atoms with van der Waals surface area (Å²) >= 11 is 1.26. The fraction of sp³-hybridized carbons (Fsp3) is 0.150. The normalized spacial score (nSPS) is 11.3. The van der Waals surface area contributed by atoms with Gasteiger partial charge in [0.2, 0.25) is 5.89 Å². The van der Waals surface area contributed by atoms with E-state index in [-0.39, 0.29) is 5.69 Å². The summed E-state index contributed by atoms with van der Waals surface area (Å²) in [5, 5.41) is 9.22. The molecule has 0 saturated carbocycles. The highest BCUT2D eigenvalue weighted by atomic mass is 32.2. The zero-order valence-electron chi connectivity index (χ0n) is 14.3. The molecule has 0 radical (unpaired) electrons. The van der Waals surface area contributed by atoms with E-state index in [0.717, 1.165) is 10.5 Å². The van der Waals surface area contributed by atoms with Crippen LogP contribution >= 0.6 is 11.8 Å². The standard InChI is InChI=1S/C20H17NO4S/c1-20(2,19(23)24)26-15-10-8-14(9-11-15)18-21-16(12-22)17(25-18)13-6-4-3-5-7-13/h3-12H,1-2H3,(H,23,24). The Morgan fingerprint density at radius 2 is 1.73 bits per heavy atom. The molecule has 3 rings (SSSR count). The number of nitrogens with zero attached hydrogens (tertiary/aromatic N) is 1. The van der Waals surface area contributed by atoms with Crippen LogP contribution in [0.25, 0.3) is 22.8 Å². The minimum atomic E-state index is -0.921. The number of aromatic nitrogens is 1. The molecule has 5 nitrogen and oxygen atoms in total. The molecule has 2 aromatic carbocycles. The van der Waals surface area contributed by atoms with Gasteiger partial charge in [0, 0.05) is 16.0 Å². The van der Waals surface area contributed by atoms with Crippen molar-refractivity contribution in [1.82, 2.24) is 4.98 Å². The lowest BCUT2D eigenvalue weighted by Crippen LogP contribution is -2.26. The van der Waals surface area contributed by atoms with E-state index in [2.05, 4.69) is 4.98 Å². The number of carboxylic acids is 1. The van der Waals surface area contributed by atoms with Crippen LogP contribution in [0.15, 0.2) is 63.9 Å². The van der Waals surface area contributed by atoms with E-state index in [1.54, 1.807) is 26.0 Å². The van der Waals surface area contributed by atoms with E-state index in [0.29, 0.717) is 23.5 Å². The predicted octanol–water partition coefficient (Wildman–Crippen LogP) is 4.78. The van der Waals surface area contributed by atoms with Crippen molar-refractivity contribution >= 4 is 24.0 Å². The molecule has 0 amide bonds. The molecular weight excluding hydrogens is 350 g/mol. The molecule has 1 heterocycles. The highest BCUT2D eigenvalue weighted by Crippen LogP contribution is 2.34. The first-order valence-electron chi connectivity index (χ1n) is 7.95. The number of hydrogen-bond donors (Lipinski definition) is 1. The molecule has 26 heavy (non-hydrogen) atoms. The Labute approximate surface area is 155 Å². The Balaban J connectivity index is 1.89. The van der Waals surface area contributed by atoms with Crippen LogP contribution in [0.5, 0.6) is 0 Å². The second kappa shape index (κ2) is 7.17. The molecule has 0 aliphatic heterocycles. The maximum Gasteiger partial charge on any atom is 0.319 e. The van der Waals surface area contributed by atoms with Crippen LogP contribution in [0.1, 0.15) is 24.3 Å². The minimum absolute atomic E-state index is 0.247. The van der Waals surface area contributed by atoms with Gasteiger partial charge in [-0.3, -0.25) is 9.59 Å². The van der Waals surface area contributed by atoms with Crippen molar-refractivity contribution < 1.29 is 19.1 Å². The summed E-state index contributed by atoms with van der Waals surface area (Å²) in [6, 6.07) is 16.6. The minimum Gasteiger partial charge on any atom is -0.480 e. The van der Waals surface area contributed by atoms with Crippen molar-refractivity contribution in [3.8, 4) is 22.8 Å². The third-order valence-electron chi connectivity index (χ3n) is 3.79. The molecule has 0 aliphatic carbocycles. The first kappa shape index (κ1) is 17.9. The van der Waals surface area contributed by atoms with Gasteiger partial charge in [0.1, 0.15) is 4.75 Å². The second-order valence-corrected chi connectivity index (χ2v) is 7.86. The van der Waals surface area contributed by atoms with E-state index in [9.17, 15) is 14.7 Å². The van der Waals surface area contributed by atoms with Gasteiger partial charge in [-0.15, -0.1) is 11.8 Å². The molecule has 0 atom stereocenters. The third kappa shape index (κ3) is 3.70. The molecule has 0 spiro atoms. The van der Waals surface area contributed by atoms with Gasteiger partial charge in [-0.2, -0.15) is 0 Å². The Hall–Kier alpha value is -2.86. The molecule has 132 valence electrons. The fourth-order valence-corrected chi connectivity index (χ4v) is 3.28. The number of hydrogen-bond acceptors (Lipinski definition) is 5. The number of aliphatic carboxylic acids is 1. The lowest BCUT2D eigenvalue weighted by Gasteiger charge is -2.18. The van der Waals surface area contributed by atoms with Crippen LogP contribution in [-0.2, 0) is 4.79 Å². The second-order valence-electron chi connectivity index (χ2n) is 6.16. The summed E-state index contributed by atoms with van der Waals surface area (Å²) in [5.41, 5.74) is 1.74. The summed E-state index contributed by atoms with van der Waals surface area (Å²) in [5.74, 6) is -0.0940. The number of thioether (sulfide) groups is 1. The molecule has 1 N–H and O–H groups in total. The topological polar surface area (TPSA) is 80.4 Å². The Morgan fingerprint density at radius 3 is 2.31 bits per heavy atom. The Kier molecular flexibility index (Phi) is 4.95. The van der Waals surface area contributed by atoms with Crippen LogP contribution in [0, 0.1) is 0 Å². The Morgan fingerprint density at radius 1 is 1.08 bits per heavy atom. The number of aldehydes is 1. The number of benzene rings is 2. The molecule has 1 aromatic heterocycles. The zero-order valence-corrected chi connectivity index (χ0v) is 15.1. The molecule has 0 unspecified atom stereocenters. The quantitative estimate of drug-likeness (QED) is 0.499. The lowest BCUT2D eigenvalue weighted by atomic mass is 10.1. The van der Waals surface area contributed by atoms with Gasteiger partial charge in [-0.05, 0) is 38.1 Å². The van der Waals surface area contributed by atoms with E-state index < -0.39 is 10.7 Å². The van der Waals surface area contributed by atoms with Crippen molar-refractivity contribution in [3.05, 3.63) is 60.3 Å². The zero-order chi connectivity index (χ0) is 18.7. The van der Waals surface area contributed by atoms with Crippen LogP contribution in [0.4, 0.5) is 0 Å². The van der Waals surface area contributed by atoms with Crippen LogP contribution in [0.3, 0.4) is 0 Å². The number of oxazole rings is 1. The number of carbonyl (C=O) groups is 2. The van der Waals surface area contributed by atoms with Gasteiger partial charge in [-0.25, -0.2) is 4.98 Å². The van der Waals surface area contributed by atoms with Gasteiger partial charge < -0.3 is 9.52 Å². The van der Waals surface area contributed by atoms with Crippen molar-refractivity contribution in [3.63, 3.8) is 0 Å². The molecule has 0 fully saturated rings.